The summed E-state index contributed by atoms with van der Waals surface area (Å²) >= 11 is 0. The third-order valence-corrected chi connectivity index (χ3v) is 6.61. The fraction of sp³-hybridized carbons (Fsp3) is 0.393. The molecule has 1 aromatic carbocycles. The molecule has 1 aliphatic heterocycles. The lowest BCUT2D eigenvalue weighted by Crippen LogP contribution is -2.38. The minimum Gasteiger partial charge on any atom is -0.492 e. The molecule has 4 rings (SSSR count). The number of carboxylic acid groups (broad SMARTS) is 1. The largest absolute Gasteiger partial charge is 0.492 e. The predicted molar refractivity (Wildman–Crippen MR) is 139 cm³/mol. The van der Waals surface area contributed by atoms with Crippen molar-refractivity contribution in [2.75, 3.05) is 36.5 Å². The Morgan fingerprint density at radius 1 is 1.09 bits per heavy atom. The van der Waals surface area contributed by atoms with Crippen LogP contribution < -0.4 is 15.0 Å². The van der Waals surface area contributed by atoms with Crippen molar-refractivity contribution in [2.45, 2.75) is 40.0 Å². The maximum Gasteiger partial charge on any atom is 0.307 e. The van der Waals surface area contributed by atoms with E-state index in [-0.39, 0.29) is 6.42 Å². The van der Waals surface area contributed by atoms with Crippen LogP contribution in [0.3, 0.4) is 0 Å². The smallest absolute Gasteiger partial charge is 0.307 e. The lowest BCUT2D eigenvalue weighted by atomic mass is 9.82. The Balaban J connectivity index is 1.52. The van der Waals surface area contributed by atoms with Crippen molar-refractivity contribution in [2.24, 2.45) is 5.41 Å². The van der Waals surface area contributed by atoms with Crippen molar-refractivity contribution in [3.63, 3.8) is 0 Å². The molecule has 1 fully saturated rings. The Morgan fingerprint density at radius 3 is 2.49 bits per heavy atom. The second-order valence-electron chi connectivity index (χ2n) is 9.83. The van der Waals surface area contributed by atoms with Crippen LogP contribution in [0.2, 0.25) is 0 Å². The molecule has 184 valence electrons. The predicted octanol–water partition coefficient (Wildman–Crippen LogP) is 5.20. The van der Waals surface area contributed by atoms with Gasteiger partial charge in [-0.25, -0.2) is 0 Å². The molecular weight excluding hydrogens is 440 g/mol. The molecule has 35 heavy (non-hydrogen) atoms. The number of para-hydroxylation sites is 1. The molecular formula is C28H34N4O3. The number of hydrogen-bond acceptors (Lipinski definition) is 6. The van der Waals surface area contributed by atoms with Crippen molar-refractivity contribution in [3.8, 4) is 17.0 Å². The fourth-order valence-electron chi connectivity index (χ4n) is 4.42. The summed E-state index contributed by atoms with van der Waals surface area (Å²) in [5, 5.41) is 12.9. The van der Waals surface area contributed by atoms with Gasteiger partial charge in [-0.1, -0.05) is 32.0 Å². The SMILES string of the molecule is Cc1ncc(-c2ccc(NCCOc3ccccc3)cn2)c(N2CCC(C)(C)CC2)c1CC(=O)O. The molecule has 1 saturated heterocycles. The zero-order valence-electron chi connectivity index (χ0n) is 20.8. The maximum atomic E-state index is 11.7. The Labute approximate surface area is 207 Å². The average molecular weight is 475 g/mol. The van der Waals surface area contributed by atoms with E-state index in [1.54, 1.807) is 6.20 Å². The standard InChI is InChI=1S/C28H34N4O3/c1-20-23(17-26(33)34)27(32-14-11-28(2,3)12-15-32)24(19-30-20)25-10-9-21(18-31-25)29-13-16-35-22-7-5-4-6-8-22/h4-10,18-19,29H,11-17H2,1-3H3,(H,33,34). The van der Waals surface area contributed by atoms with Gasteiger partial charge in [0.1, 0.15) is 12.4 Å². The topological polar surface area (TPSA) is 87.6 Å². The molecule has 7 nitrogen and oxygen atoms in total. The monoisotopic (exact) mass is 474 g/mol. The Hall–Kier alpha value is -3.61. The Bertz CT molecular complexity index is 1140. The summed E-state index contributed by atoms with van der Waals surface area (Å²) in [6, 6.07) is 13.7. The molecule has 3 aromatic rings. The first-order valence-corrected chi connectivity index (χ1v) is 12.2. The van der Waals surface area contributed by atoms with Gasteiger partial charge in [-0.2, -0.15) is 0 Å². The molecule has 0 bridgehead atoms. The molecule has 0 radical (unpaired) electrons. The van der Waals surface area contributed by atoms with Crippen LogP contribution in [0.4, 0.5) is 11.4 Å². The molecule has 0 saturated carbocycles. The van der Waals surface area contributed by atoms with E-state index in [1.807, 2.05) is 55.6 Å². The number of aliphatic carboxylic acids is 1. The number of piperidine rings is 1. The van der Waals surface area contributed by atoms with Gasteiger partial charge in [0, 0.05) is 42.7 Å². The number of carboxylic acids is 1. The van der Waals surface area contributed by atoms with Crippen LogP contribution in [0, 0.1) is 12.3 Å². The van der Waals surface area contributed by atoms with Crippen molar-refractivity contribution in [3.05, 3.63) is 66.1 Å². The van der Waals surface area contributed by atoms with E-state index in [1.165, 1.54) is 0 Å². The minimum absolute atomic E-state index is 0.0526. The number of rotatable bonds is 9. The summed E-state index contributed by atoms with van der Waals surface area (Å²) < 4.78 is 5.73. The van der Waals surface area contributed by atoms with Crippen LogP contribution in [0.15, 0.2) is 54.9 Å². The summed E-state index contributed by atoms with van der Waals surface area (Å²) in [5.41, 5.74) is 5.35. The second kappa shape index (κ2) is 10.8. The zero-order valence-corrected chi connectivity index (χ0v) is 20.8. The van der Waals surface area contributed by atoms with Gasteiger partial charge in [0.25, 0.3) is 0 Å². The van der Waals surface area contributed by atoms with E-state index < -0.39 is 5.97 Å². The molecule has 2 N–H and O–H groups in total. The van der Waals surface area contributed by atoms with Crippen LogP contribution in [0.25, 0.3) is 11.3 Å². The van der Waals surface area contributed by atoms with Crippen LogP contribution >= 0.6 is 0 Å². The number of nitrogens with zero attached hydrogens (tertiary/aromatic N) is 3. The lowest BCUT2D eigenvalue weighted by Gasteiger charge is -2.40. The third-order valence-electron chi connectivity index (χ3n) is 6.61. The molecule has 0 amide bonds. The van der Waals surface area contributed by atoms with Crippen LogP contribution in [0.5, 0.6) is 5.75 Å². The summed E-state index contributed by atoms with van der Waals surface area (Å²) in [4.78, 5) is 23.3. The first-order valence-electron chi connectivity index (χ1n) is 12.2. The zero-order chi connectivity index (χ0) is 24.8. The number of aromatic nitrogens is 2. The van der Waals surface area contributed by atoms with Crippen molar-refractivity contribution in [1.29, 1.82) is 0 Å². The van der Waals surface area contributed by atoms with Gasteiger partial charge < -0.3 is 20.1 Å². The third kappa shape index (κ3) is 6.29. The minimum atomic E-state index is -0.851. The number of nitrogens with one attached hydrogen (secondary N) is 1. The number of benzene rings is 1. The average Bonchev–Trinajstić information content (AvgIpc) is 2.84. The normalized spacial score (nSPS) is 15.0. The van der Waals surface area contributed by atoms with E-state index in [2.05, 4.69) is 29.0 Å². The Kier molecular flexibility index (Phi) is 7.54. The molecule has 0 aliphatic carbocycles. The van der Waals surface area contributed by atoms with E-state index in [4.69, 9.17) is 9.72 Å². The number of anilines is 2. The van der Waals surface area contributed by atoms with Gasteiger partial charge in [0.15, 0.2) is 0 Å². The van der Waals surface area contributed by atoms with E-state index in [0.29, 0.717) is 18.6 Å². The number of aryl methyl sites for hydroxylation is 1. The highest BCUT2D eigenvalue weighted by atomic mass is 16.5. The number of hydrogen-bond donors (Lipinski definition) is 2. The first kappa shape index (κ1) is 24.5. The number of carbonyl (C=O) groups is 1. The Morgan fingerprint density at radius 2 is 1.83 bits per heavy atom. The van der Waals surface area contributed by atoms with E-state index in [0.717, 1.165) is 65.6 Å². The highest BCUT2D eigenvalue weighted by Crippen LogP contribution is 2.39. The molecule has 0 spiro atoms. The lowest BCUT2D eigenvalue weighted by molar-refractivity contribution is -0.136. The quantitative estimate of drug-likeness (QED) is 0.412. The summed E-state index contributed by atoms with van der Waals surface area (Å²) in [5.74, 6) is -0.00342. The van der Waals surface area contributed by atoms with Gasteiger partial charge >= 0.3 is 5.97 Å². The summed E-state index contributed by atoms with van der Waals surface area (Å²) in [6.45, 7) is 9.44. The molecule has 1 aliphatic rings. The van der Waals surface area contributed by atoms with Crippen molar-refractivity contribution in [1.82, 2.24) is 9.97 Å². The van der Waals surface area contributed by atoms with Crippen molar-refractivity contribution >= 4 is 17.3 Å². The molecule has 2 aromatic heterocycles. The van der Waals surface area contributed by atoms with Gasteiger partial charge in [0.05, 0.1) is 29.7 Å². The van der Waals surface area contributed by atoms with E-state index in [9.17, 15) is 9.90 Å². The second-order valence-corrected chi connectivity index (χ2v) is 9.83. The van der Waals surface area contributed by atoms with Gasteiger partial charge in [0.2, 0.25) is 0 Å². The van der Waals surface area contributed by atoms with E-state index >= 15 is 0 Å². The summed E-state index contributed by atoms with van der Waals surface area (Å²) in [7, 11) is 0. The van der Waals surface area contributed by atoms with Crippen LogP contribution in [0.1, 0.15) is 37.9 Å². The van der Waals surface area contributed by atoms with Gasteiger partial charge in [-0.15, -0.1) is 0 Å². The van der Waals surface area contributed by atoms with Crippen LogP contribution in [-0.2, 0) is 11.2 Å². The number of ether oxygens (including phenoxy) is 1. The molecule has 0 atom stereocenters. The molecule has 0 unspecified atom stereocenters. The summed E-state index contributed by atoms with van der Waals surface area (Å²) in [6.07, 6.45) is 5.70. The highest BCUT2D eigenvalue weighted by Gasteiger charge is 2.29. The van der Waals surface area contributed by atoms with Gasteiger partial charge in [-0.3, -0.25) is 14.8 Å². The van der Waals surface area contributed by atoms with Crippen LogP contribution in [-0.4, -0.2) is 47.3 Å². The van der Waals surface area contributed by atoms with Gasteiger partial charge in [-0.05, 0) is 49.4 Å². The highest BCUT2D eigenvalue weighted by molar-refractivity contribution is 5.83. The molecule has 7 heteroatoms. The van der Waals surface area contributed by atoms with Crippen molar-refractivity contribution < 1.29 is 14.6 Å². The first-order chi connectivity index (χ1) is 16.8. The maximum absolute atomic E-state index is 11.7. The fourth-order valence-corrected chi connectivity index (χ4v) is 4.42. The number of pyridine rings is 2. The molecule has 3 heterocycles.